The molecular weight excluding hydrogens is 278 g/mol. The zero-order valence-corrected chi connectivity index (χ0v) is 11.9. The Morgan fingerprint density at radius 3 is 2.36 bits per heavy atom. The van der Waals surface area contributed by atoms with Crippen molar-refractivity contribution in [3.05, 3.63) is 71.5 Å². The number of aromatic hydroxyl groups is 1. The molecule has 0 aliphatic heterocycles. The summed E-state index contributed by atoms with van der Waals surface area (Å²) in [5.74, 6) is -0.628. The number of carboxylic acid groups (broad SMARTS) is 1. The van der Waals surface area contributed by atoms with Crippen LogP contribution in [-0.2, 0) is 17.6 Å². The van der Waals surface area contributed by atoms with Crippen LogP contribution in [0.15, 0.2) is 54.7 Å². The van der Waals surface area contributed by atoms with Crippen molar-refractivity contribution in [2.45, 2.75) is 12.8 Å². The number of fused-ring (bicyclic) bond motifs is 1. The van der Waals surface area contributed by atoms with Gasteiger partial charge in [0.1, 0.15) is 5.75 Å². The number of carbonyl (C=O) groups is 1. The highest BCUT2D eigenvalue weighted by Gasteiger charge is 2.10. The second-order valence-electron chi connectivity index (χ2n) is 5.19. The Balaban J connectivity index is 2.03. The molecule has 0 unspecified atom stereocenters. The Morgan fingerprint density at radius 1 is 1.00 bits per heavy atom. The molecule has 0 amide bonds. The van der Waals surface area contributed by atoms with E-state index in [2.05, 4.69) is 4.98 Å². The van der Waals surface area contributed by atoms with Crippen LogP contribution in [0.5, 0.6) is 5.75 Å². The summed E-state index contributed by atoms with van der Waals surface area (Å²) in [5.41, 5.74) is 2.66. The van der Waals surface area contributed by atoms with Gasteiger partial charge in [0.15, 0.2) is 0 Å². The van der Waals surface area contributed by atoms with Gasteiger partial charge in [-0.15, -0.1) is 0 Å². The van der Waals surface area contributed by atoms with Gasteiger partial charge in [0.05, 0.1) is 12.1 Å². The molecule has 0 saturated carbocycles. The number of benzene rings is 2. The van der Waals surface area contributed by atoms with E-state index in [1.807, 2.05) is 36.4 Å². The third kappa shape index (κ3) is 2.91. The lowest BCUT2D eigenvalue weighted by Crippen LogP contribution is -2.03. The number of hydrogen-bond donors (Lipinski definition) is 2. The van der Waals surface area contributed by atoms with Crippen molar-refractivity contribution in [1.29, 1.82) is 0 Å². The van der Waals surface area contributed by atoms with Crippen LogP contribution in [0, 0.1) is 0 Å². The second kappa shape index (κ2) is 5.85. The molecule has 0 radical (unpaired) electrons. The van der Waals surface area contributed by atoms with E-state index in [4.69, 9.17) is 5.11 Å². The SMILES string of the molecule is O=C(O)Cc1cnc(Cc2ccc(O)cc2)c2ccccc12. The Labute approximate surface area is 127 Å². The van der Waals surface area contributed by atoms with Crippen molar-refractivity contribution < 1.29 is 15.0 Å². The average molecular weight is 293 g/mol. The zero-order valence-electron chi connectivity index (χ0n) is 11.9. The van der Waals surface area contributed by atoms with E-state index in [1.54, 1.807) is 18.3 Å². The summed E-state index contributed by atoms with van der Waals surface area (Å²) >= 11 is 0. The Bertz CT molecular complexity index is 825. The van der Waals surface area contributed by atoms with E-state index in [9.17, 15) is 9.90 Å². The van der Waals surface area contributed by atoms with Crippen LogP contribution >= 0.6 is 0 Å². The van der Waals surface area contributed by atoms with Gasteiger partial charge in [-0.1, -0.05) is 36.4 Å². The lowest BCUT2D eigenvalue weighted by molar-refractivity contribution is -0.136. The van der Waals surface area contributed by atoms with Crippen LogP contribution in [0.2, 0.25) is 0 Å². The minimum atomic E-state index is -0.863. The molecule has 2 aromatic carbocycles. The number of phenols is 1. The maximum Gasteiger partial charge on any atom is 0.307 e. The van der Waals surface area contributed by atoms with Crippen molar-refractivity contribution in [3.8, 4) is 5.75 Å². The molecule has 0 fully saturated rings. The molecule has 110 valence electrons. The first kappa shape index (κ1) is 14.1. The minimum absolute atomic E-state index is 0.0347. The van der Waals surface area contributed by atoms with E-state index in [0.717, 1.165) is 27.6 Å². The van der Waals surface area contributed by atoms with E-state index in [0.29, 0.717) is 6.42 Å². The number of aliphatic carboxylic acids is 1. The highest BCUT2D eigenvalue weighted by molar-refractivity contribution is 5.90. The Morgan fingerprint density at radius 2 is 1.68 bits per heavy atom. The van der Waals surface area contributed by atoms with Crippen molar-refractivity contribution in [2.75, 3.05) is 0 Å². The smallest absolute Gasteiger partial charge is 0.307 e. The first-order chi connectivity index (χ1) is 10.6. The number of pyridine rings is 1. The quantitative estimate of drug-likeness (QED) is 0.775. The van der Waals surface area contributed by atoms with E-state index < -0.39 is 5.97 Å². The van der Waals surface area contributed by atoms with Gasteiger partial charge in [-0.3, -0.25) is 9.78 Å². The van der Waals surface area contributed by atoms with E-state index >= 15 is 0 Å². The number of phenolic OH excluding ortho intramolecular Hbond substituents is 1. The topological polar surface area (TPSA) is 70.4 Å². The summed E-state index contributed by atoms with van der Waals surface area (Å²) in [7, 11) is 0. The van der Waals surface area contributed by atoms with Gasteiger partial charge >= 0.3 is 5.97 Å². The maximum atomic E-state index is 11.0. The number of aromatic nitrogens is 1. The molecule has 0 spiro atoms. The van der Waals surface area contributed by atoms with Gasteiger partial charge in [-0.2, -0.15) is 0 Å². The van der Waals surface area contributed by atoms with Gasteiger partial charge < -0.3 is 10.2 Å². The monoisotopic (exact) mass is 293 g/mol. The normalized spacial score (nSPS) is 10.7. The predicted molar refractivity (Wildman–Crippen MR) is 84.0 cm³/mol. The van der Waals surface area contributed by atoms with Crippen molar-refractivity contribution in [1.82, 2.24) is 4.98 Å². The number of nitrogens with zero attached hydrogens (tertiary/aromatic N) is 1. The highest BCUT2D eigenvalue weighted by atomic mass is 16.4. The molecule has 2 N–H and O–H groups in total. The molecule has 4 heteroatoms. The fourth-order valence-corrected chi connectivity index (χ4v) is 2.56. The molecular formula is C18H15NO3. The molecule has 4 nitrogen and oxygen atoms in total. The largest absolute Gasteiger partial charge is 0.508 e. The summed E-state index contributed by atoms with van der Waals surface area (Å²) in [5, 5.41) is 20.2. The Kier molecular flexibility index (Phi) is 3.74. The van der Waals surface area contributed by atoms with Gasteiger partial charge in [-0.05, 0) is 28.6 Å². The molecule has 3 aromatic rings. The minimum Gasteiger partial charge on any atom is -0.508 e. The lowest BCUT2D eigenvalue weighted by Gasteiger charge is -2.09. The number of rotatable bonds is 4. The van der Waals surface area contributed by atoms with Gasteiger partial charge in [0.2, 0.25) is 0 Å². The summed E-state index contributed by atoms with van der Waals surface area (Å²) in [6.45, 7) is 0. The summed E-state index contributed by atoms with van der Waals surface area (Å²) < 4.78 is 0. The third-order valence-corrected chi connectivity index (χ3v) is 3.61. The fourth-order valence-electron chi connectivity index (χ4n) is 2.56. The first-order valence-electron chi connectivity index (χ1n) is 6.98. The van der Waals surface area contributed by atoms with Gasteiger partial charge in [0, 0.05) is 18.0 Å². The molecule has 0 bridgehead atoms. The molecule has 0 aliphatic carbocycles. The summed E-state index contributed by atoms with van der Waals surface area (Å²) in [4.78, 5) is 15.4. The summed E-state index contributed by atoms with van der Waals surface area (Å²) in [6, 6.07) is 14.7. The van der Waals surface area contributed by atoms with Gasteiger partial charge in [0.25, 0.3) is 0 Å². The highest BCUT2D eigenvalue weighted by Crippen LogP contribution is 2.24. The van der Waals surface area contributed by atoms with Crippen LogP contribution in [0.4, 0.5) is 0 Å². The van der Waals surface area contributed by atoms with Crippen molar-refractivity contribution >= 4 is 16.7 Å². The maximum absolute atomic E-state index is 11.0. The lowest BCUT2D eigenvalue weighted by atomic mass is 9.99. The van der Waals surface area contributed by atoms with E-state index in [-0.39, 0.29) is 12.2 Å². The van der Waals surface area contributed by atoms with Crippen LogP contribution in [-0.4, -0.2) is 21.2 Å². The first-order valence-corrected chi connectivity index (χ1v) is 6.98. The number of hydrogen-bond acceptors (Lipinski definition) is 3. The molecule has 1 aromatic heterocycles. The third-order valence-electron chi connectivity index (χ3n) is 3.61. The predicted octanol–water partition coefficient (Wildman–Crippen LogP) is 3.16. The second-order valence-corrected chi connectivity index (χ2v) is 5.19. The summed E-state index contributed by atoms with van der Waals surface area (Å²) in [6.07, 6.45) is 2.24. The van der Waals surface area contributed by atoms with Crippen LogP contribution < -0.4 is 0 Å². The molecule has 1 heterocycles. The van der Waals surface area contributed by atoms with Crippen LogP contribution in [0.25, 0.3) is 10.8 Å². The average Bonchev–Trinajstić information content (AvgIpc) is 2.51. The number of carboxylic acids is 1. The molecule has 22 heavy (non-hydrogen) atoms. The van der Waals surface area contributed by atoms with Crippen LogP contribution in [0.1, 0.15) is 16.8 Å². The fraction of sp³-hybridized carbons (Fsp3) is 0.111. The van der Waals surface area contributed by atoms with Crippen molar-refractivity contribution in [2.24, 2.45) is 0 Å². The molecule has 3 rings (SSSR count). The molecule has 0 atom stereocenters. The van der Waals surface area contributed by atoms with Crippen LogP contribution in [0.3, 0.4) is 0 Å². The molecule has 0 aliphatic rings. The Hall–Kier alpha value is -2.88. The van der Waals surface area contributed by atoms with Crippen molar-refractivity contribution in [3.63, 3.8) is 0 Å². The van der Waals surface area contributed by atoms with E-state index in [1.165, 1.54) is 0 Å². The van der Waals surface area contributed by atoms with Gasteiger partial charge in [-0.25, -0.2) is 0 Å². The standard InChI is InChI=1S/C18H15NO3/c20-14-7-5-12(6-8-14)9-17-16-4-2-1-3-15(16)13(11-19-17)10-18(21)22/h1-8,11,20H,9-10H2,(H,21,22). The molecule has 0 saturated heterocycles. The zero-order chi connectivity index (χ0) is 15.5.